The third-order valence-electron chi connectivity index (χ3n) is 6.35. The topological polar surface area (TPSA) is 128 Å². The molecule has 0 aromatic heterocycles. The number of benzene rings is 2. The molecule has 4 rings (SSSR count). The number of hydrogen-bond acceptors (Lipinski definition) is 6. The van der Waals surface area contributed by atoms with Gasteiger partial charge in [0.2, 0.25) is 5.84 Å². The van der Waals surface area contributed by atoms with Crippen LogP contribution in [-0.4, -0.2) is 59.8 Å². The van der Waals surface area contributed by atoms with E-state index in [0.717, 1.165) is 11.1 Å². The number of hydrogen-bond donors (Lipinski definition) is 2. The highest BCUT2D eigenvalue weighted by Gasteiger charge is 2.50. The van der Waals surface area contributed by atoms with Crippen molar-refractivity contribution in [2.75, 3.05) is 23.6 Å². The number of halogens is 3. The Labute approximate surface area is 216 Å². The highest BCUT2D eigenvalue weighted by molar-refractivity contribution is 7.82. The van der Waals surface area contributed by atoms with E-state index in [-0.39, 0.29) is 11.7 Å². The number of rotatable bonds is 8. The first kappa shape index (κ1) is 27.4. The molecule has 2 aliphatic heterocycles. The Bertz CT molecular complexity index is 1260. The van der Waals surface area contributed by atoms with Crippen molar-refractivity contribution in [2.24, 2.45) is 4.99 Å². The maximum absolute atomic E-state index is 12.9. The molecule has 1 saturated heterocycles. The molecule has 2 aromatic rings. The van der Waals surface area contributed by atoms with Gasteiger partial charge in [0.25, 0.3) is 0 Å². The van der Waals surface area contributed by atoms with Crippen molar-refractivity contribution in [3.8, 4) is 5.75 Å². The van der Waals surface area contributed by atoms with Crippen molar-refractivity contribution in [3.63, 3.8) is 0 Å². The molecule has 2 atom stereocenters. The number of carbonyl (C=O) groups excluding carboxylic acids is 1. The van der Waals surface area contributed by atoms with Crippen LogP contribution in [0.15, 0.2) is 47.5 Å². The molecule has 14 heteroatoms. The Morgan fingerprint density at radius 2 is 1.92 bits per heavy atom. The summed E-state index contributed by atoms with van der Waals surface area (Å²) in [5.74, 6) is 0.0790. The van der Waals surface area contributed by atoms with Gasteiger partial charge in [-0.2, -0.15) is 0 Å². The summed E-state index contributed by atoms with van der Waals surface area (Å²) in [5, 5.41) is 1.35. The van der Waals surface area contributed by atoms with Crippen LogP contribution in [0.1, 0.15) is 29.5 Å². The van der Waals surface area contributed by atoms with E-state index in [1.807, 2.05) is 6.92 Å². The number of nitrogens with two attached hydrogens (primary N) is 1. The lowest BCUT2D eigenvalue weighted by molar-refractivity contribution is -0.448. The summed E-state index contributed by atoms with van der Waals surface area (Å²) in [6, 6.07) is 10.5. The number of nitrogens with zero attached hydrogens (tertiary/aromatic N) is 2. The van der Waals surface area contributed by atoms with E-state index in [2.05, 4.69) is 14.5 Å². The van der Waals surface area contributed by atoms with Crippen LogP contribution in [0.5, 0.6) is 5.75 Å². The number of primary amides is 1. The minimum Gasteiger partial charge on any atom is -0.755 e. The second kappa shape index (κ2) is 11.0. The summed E-state index contributed by atoms with van der Waals surface area (Å²) in [7, 11) is -1.29. The zero-order chi connectivity index (χ0) is 26.8. The van der Waals surface area contributed by atoms with Crippen LogP contribution in [0.3, 0.4) is 0 Å². The van der Waals surface area contributed by atoms with E-state index in [1.165, 1.54) is 23.5 Å². The second-order valence-corrected chi connectivity index (χ2v) is 11.0. The number of amidine groups is 1. The molecule has 1 spiro atoms. The van der Waals surface area contributed by atoms with E-state index in [0.29, 0.717) is 55.2 Å². The highest BCUT2D eigenvalue weighted by atomic mass is 32.2. The minimum absolute atomic E-state index is 0.210. The van der Waals surface area contributed by atoms with Gasteiger partial charge >= 0.3 is 12.3 Å². The fourth-order valence-corrected chi connectivity index (χ4v) is 6.02. The van der Waals surface area contributed by atoms with Gasteiger partial charge in [-0.3, -0.25) is 4.21 Å². The first-order valence-electron chi connectivity index (χ1n) is 11.4. The molecule has 2 aliphatic rings. The molecular formula is C23H25F3N4O5S2. The lowest BCUT2D eigenvalue weighted by Gasteiger charge is -2.33. The van der Waals surface area contributed by atoms with Crippen LogP contribution < -0.4 is 14.8 Å². The van der Waals surface area contributed by atoms with Crippen molar-refractivity contribution in [3.05, 3.63) is 59.2 Å². The molecule has 2 unspecified atom stereocenters. The predicted octanol–water partition coefficient (Wildman–Crippen LogP) is 1.69. The van der Waals surface area contributed by atoms with E-state index < -0.39 is 34.2 Å². The molecule has 0 bridgehead atoms. The van der Waals surface area contributed by atoms with E-state index in [4.69, 9.17) is 0 Å². The molecule has 2 heterocycles. The minimum atomic E-state index is -4.82. The molecule has 9 nitrogen and oxygen atoms in total. The summed E-state index contributed by atoms with van der Waals surface area (Å²) in [4.78, 5) is 17.4. The number of ether oxygens (including phenoxy) is 1. The SMILES string of the molecule is Cc1cc(NS(=O)[O-])ccc1CCS(=O)N1CCC2(CC1)N=C(c1cccc(OC(F)(F)F)c1)[NH2+]C2=O. The molecule has 1 fully saturated rings. The van der Waals surface area contributed by atoms with Gasteiger partial charge in [0, 0.05) is 35.8 Å². The highest BCUT2D eigenvalue weighted by Crippen LogP contribution is 2.30. The zero-order valence-electron chi connectivity index (χ0n) is 19.7. The lowest BCUT2D eigenvalue weighted by atomic mass is 9.89. The Kier molecular flexibility index (Phi) is 8.14. The molecule has 0 saturated carbocycles. The first-order valence-corrected chi connectivity index (χ1v) is 13.7. The molecule has 37 heavy (non-hydrogen) atoms. The van der Waals surface area contributed by atoms with Gasteiger partial charge in [0.05, 0.1) is 16.5 Å². The van der Waals surface area contributed by atoms with Crippen molar-refractivity contribution >= 4 is 39.7 Å². The van der Waals surface area contributed by atoms with E-state index in [9.17, 15) is 30.9 Å². The maximum Gasteiger partial charge on any atom is 0.573 e. The van der Waals surface area contributed by atoms with E-state index in [1.54, 1.807) is 28.6 Å². The molecule has 1 amide bonds. The Balaban J connectivity index is 1.36. The van der Waals surface area contributed by atoms with Gasteiger partial charge in [-0.05, 0) is 67.6 Å². The Morgan fingerprint density at radius 3 is 2.57 bits per heavy atom. The van der Waals surface area contributed by atoms with Crippen LogP contribution in [-0.2, 0) is 33.5 Å². The van der Waals surface area contributed by atoms with Crippen LogP contribution in [0.2, 0.25) is 0 Å². The predicted molar refractivity (Wildman–Crippen MR) is 131 cm³/mol. The van der Waals surface area contributed by atoms with Gasteiger partial charge in [-0.1, -0.05) is 12.1 Å². The number of aryl methyl sites for hydroxylation is 2. The van der Waals surface area contributed by atoms with Crippen LogP contribution in [0.25, 0.3) is 0 Å². The zero-order valence-corrected chi connectivity index (χ0v) is 21.4. The van der Waals surface area contributed by atoms with Gasteiger partial charge in [-0.25, -0.2) is 23.6 Å². The largest absolute Gasteiger partial charge is 0.755 e. The second-order valence-electron chi connectivity index (χ2n) is 8.80. The van der Waals surface area contributed by atoms with Gasteiger partial charge in [-0.15, -0.1) is 13.2 Å². The summed E-state index contributed by atoms with van der Waals surface area (Å²) >= 11 is -2.41. The van der Waals surface area contributed by atoms with Gasteiger partial charge in [0.15, 0.2) is 5.54 Å². The number of alkyl halides is 3. The normalized spacial score (nSPS) is 19.5. The smallest absolute Gasteiger partial charge is 0.573 e. The molecular weight excluding hydrogens is 533 g/mol. The third kappa shape index (κ3) is 6.82. The molecule has 0 aliphatic carbocycles. The third-order valence-corrected chi connectivity index (χ3v) is 8.25. The van der Waals surface area contributed by atoms with Crippen LogP contribution in [0.4, 0.5) is 18.9 Å². The number of carbonyl (C=O) groups is 1. The maximum atomic E-state index is 12.9. The van der Waals surface area contributed by atoms with Crippen molar-refractivity contribution in [1.29, 1.82) is 0 Å². The quantitative estimate of drug-likeness (QED) is 0.477. The summed E-state index contributed by atoms with van der Waals surface area (Å²) in [5.41, 5.74) is 1.64. The molecule has 2 aromatic carbocycles. The fourth-order valence-electron chi connectivity index (χ4n) is 4.46. The number of amides is 1. The lowest BCUT2D eigenvalue weighted by Crippen LogP contribution is -2.91. The Hall–Kier alpha value is -2.65. The number of quaternary nitrogens is 1. The van der Waals surface area contributed by atoms with Crippen molar-refractivity contribution in [1.82, 2.24) is 4.31 Å². The summed E-state index contributed by atoms with van der Waals surface area (Å²) in [6.45, 7) is 2.62. The standard InChI is InChI=1S/C23H25F3N4O5S2/c1-15-13-18(29-37(33)34)6-5-16(15)7-12-36(32)30-10-8-22(9-11-30)21(31)27-20(28-22)17-3-2-4-19(14-17)35-23(24,25)26/h2-6,13-14,29H,7-12H2,1H3,(H,33,34)(H,27,28,31). The average molecular weight is 559 g/mol. The van der Waals surface area contributed by atoms with Crippen molar-refractivity contribution in [2.45, 2.75) is 38.1 Å². The number of piperidine rings is 1. The summed E-state index contributed by atoms with van der Waals surface area (Å²) < 4.78 is 80.3. The first-order chi connectivity index (χ1) is 17.4. The number of anilines is 1. The van der Waals surface area contributed by atoms with Crippen LogP contribution in [0, 0.1) is 6.92 Å². The van der Waals surface area contributed by atoms with Gasteiger partial charge in [0.1, 0.15) is 5.75 Å². The molecule has 200 valence electrons. The number of nitrogens with one attached hydrogen (secondary N) is 1. The molecule has 3 N–H and O–H groups in total. The monoisotopic (exact) mass is 558 g/mol. The average Bonchev–Trinajstić information content (AvgIpc) is 3.13. The van der Waals surface area contributed by atoms with E-state index >= 15 is 0 Å². The number of aliphatic imine (C=N–C) groups is 1. The fraction of sp³-hybridized carbons (Fsp3) is 0.391. The van der Waals surface area contributed by atoms with Crippen molar-refractivity contribution < 1.29 is 41.0 Å². The van der Waals surface area contributed by atoms with Gasteiger partial charge < -0.3 is 14.0 Å². The van der Waals surface area contributed by atoms with Crippen LogP contribution >= 0.6 is 0 Å². The summed E-state index contributed by atoms with van der Waals surface area (Å²) in [6.07, 6.45) is -3.59. The Morgan fingerprint density at radius 1 is 1.19 bits per heavy atom. The molecule has 0 radical (unpaired) electrons.